The number of rotatable bonds is 5. The van der Waals surface area contributed by atoms with Crippen LogP contribution in [0, 0.1) is 5.92 Å². The monoisotopic (exact) mass is 561 g/mol. The van der Waals surface area contributed by atoms with Gasteiger partial charge >= 0.3 is 0 Å². The molecule has 0 aromatic carbocycles. The van der Waals surface area contributed by atoms with Crippen LogP contribution in [-0.2, 0) is 16.8 Å². The van der Waals surface area contributed by atoms with Gasteiger partial charge in [-0.3, -0.25) is 14.4 Å². The molecule has 0 bridgehead atoms. The fourth-order valence-electron chi connectivity index (χ4n) is 5.70. The molecule has 0 radical (unpaired) electrons. The first kappa shape index (κ1) is 27.4. The van der Waals surface area contributed by atoms with E-state index in [-0.39, 0.29) is 47.6 Å². The molecule has 1 fully saturated rings. The van der Waals surface area contributed by atoms with Gasteiger partial charge in [0.2, 0.25) is 11.3 Å². The van der Waals surface area contributed by atoms with Crippen molar-refractivity contribution >= 4 is 23.2 Å². The molecular formula is C27H33F2N5O4S. The van der Waals surface area contributed by atoms with E-state index in [0.29, 0.717) is 23.7 Å². The molecule has 2 aromatic rings. The first-order chi connectivity index (χ1) is 18.4. The molecular weight excluding hydrogens is 528 g/mol. The van der Waals surface area contributed by atoms with E-state index in [9.17, 15) is 28.3 Å². The molecule has 5 rings (SSSR count). The molecule has 0 saturated carbocycles. The summed E-state index contributed by atoms with van der Waals surface area (Å²) < 4.78 is 30.0. The minimum absolute atomic E-state index is 0.00198. The third kappa shape index (κ3) is 4.56. The van der Waals surface area contributed by atoms with Crippen LogP contribution in [0.1, 0.15) is 62.5 Å². The normalized spacial score (nSPS) is 27.2. The maximum absolute atomic E-state index is 14.7. The number of carbonyl (C=O) groups is 2. The van der Waals surface area contributed by atoms with Crippen LogP contribution in [0.15, 0.2) is 22.6 Å². The van der Waals surface area contributed by atoms with Gasteiger partial charge in [0.05, 0.1) is 12.1 Å². The molecule has 2 amide bonds. The minimum Gasteiger partial charge on any atom is -0.503 e. The molecule has 12 heteroatoms. The number of alkyl halides is 2. The highest BCUT2D eigenvalue weighted by Gasteiger charge is 2.49. The Labute approximate surface area is 229 Å². The molecule has 9 nitrogen and oxygen atoms in total. The second-order valence-electron chi connectivity index (χ2n) is 11.2. The number of hydrogen-bond acceptors (Lipinski definition) is 7. The number of nitrogens with zero attached hydrogens (tertiary/aromatic N) is 5. The van der Waals surface area contributed by atoms with E-state index >= 15 is 0 Å². The van der Waals surface area contributed by atoms with E-state index in [4.69, 9.17) is 0 Å². The highest BCUT2D eigenvalue weighted by Crippen LogP contribution is 2.37. The number of allylic oxidation sites excluding steroid dienone is 2. The van der Waals surface area contributed by atoms with Crippen LogP contribution >= 0.6 is 11.3 Å². The molecule has 3 aliphatic rings. The standard InChI is InChI=1S/C27H33F2N5O4S/c1-14(2)33-13-27(4,26(38)32-9-5-6-10-32)34-12-17(22(35)23(36)21(34)25(33)37)24-31-30-19(39-24)11-16-7-8-18(28)15(3)20(16)29/h7,12,14-15,18,20,36H,5-6,8-11,13H2,1-4H3/t15?,18?,20?,27-/m1/s1. The SMILES string of the molecule is CC1C(F)CC=C(Cc2nnc(-c3cn4c(c(O)c3=O)C(=O)N(C(C)C)C[C@]4(C)C(=O)N3CCCC3)s2)C1F. The van der Waals surface area contributed by atoms with Crippen molar-refractivity contribution in [2.45, 2.75) is 77.3 Å². The number of aromatic nitrogens is 3. The number of likely N-dealkylation sites (tertiary alicyclic amines) is 1. The van der Waals surface area contributed by atoms with Crippen molar-refractivity contribution < 1.29 is 23.5 Å². The van der Waals surface area contributed by atoms with E-state index in [0.717, 1.165) is 24.2 Å². The second-order valence-corrected chi connectivity index (χ2v) is 12.3. The second kappa shape index (κ2) is 10.1. The largest absolute Gasteiger partial charge is 0.503 e. The van der Waals surface area contributed by atoms with Crippen molar-refractivity contribution in [3.8, 4) is 16.3 Å². The zero-order valence-electron chi connectivity index (χ0n) is 22.5. The van der Waals surface area contributed by atoms with Gasteiger partial charge in [-0.1, -0.05) is 24.3 Å². The van der Waals surface area contributed by atoms with Gasteiger partial charge < -0.3 is 19.5 Å². The van der Waals surface area contributed by atoms with Crippen LogP contribution in [0.3, 0.4) is 0 Å². The summed E-state index contributed by atoms with van der Waals surface area (Å²) in [5, 5.41) is 19.9. The summed E-state index contributed by atoms with van der Waals surface area (Å²) in [4.78, 5) is 43.8. The molecule has 2 aromatic heterocycles. The first-order valence-electron chi connectivity index (χ1n) is 13.3. The first-order valence-corrected chi connectivity index (χ1v) is 14.1. The number of hydrogen-bond donors (Lipinski definition) is 1. The van der Waals surface area contributed by atoms with Crippen LogP contribution in [0.5, 0.6) is 5.75 Å². The maximum atomic E-state index is 14.7. The Kier molecular flexibility index (Phi) is 7.11. The summed E-state index contributed by atoms with van der Waals surface area (Å²) >= 11 is 1.06. The van der Waals surface area contributed by atoms with Crippen molar-refractivity contribution in [3.63, 3.8) is 0 Å². The third-order valence-corrected chi connectivity index (χ3v) is 9.13. The van der Waals surface area contributed by atoms with Crippen LogP contribution in [-0.4, -0.2) is 79.5 Å². The molecule has 1 aliphatic carbocycles. The van der Waals surface area contributed by atoms with E-state index in [2.05, 4.69) is 10.2 Å². The summed E-state index contributed by atoms with van der Waals surface area (Å²) in [6.45, 7) is 8.17. The topological polar surface area (TPSA) is 109 Å². The Hall–Kier alpha value is -3.15. The minimum atomic E-state index is -1.44. The van der Waals surface area contributed by atoms with Gasteiger partial charge in [-0.25, -0.2) is 8.78 Å². The summed E-state index contributed by atoms with van der Waals surface area (Å²) in [5.41, 5.74) is -1.87. The molecule has 39 heavy (non-hydrogen) atoms. The third-order valence-electron chi connectivity index (χ3n) is 8.18. The summed E-state index contributed by atoms with van der Waals surface area (Å²) in [6, 6.07) is -0.263. The number of fused-ring (bicyclic) bond motifs is 1. The van der Waals surface area contributed by atoms with Crippen LogP contribution < -0.4 is 5.43 Å². The summed E-state index contributed by atoms with van der Waals surface area (Å²) in [7, 11) is 0. The van der Waals surface area contributed by atoms with Gasteiger partial charge in [-0.05, 0) is 45.6 Å². The highest BCUT2D eigenvalue weighted by molar-refractivity contribution is 7.14. The number of pyridine rings is 1. The van der Waals surface area contributed by atoms with Gasteiger partial charge in [-0.15, -0.1) is 10.2 Å². The van der Waals surface area contributed by atoms with Crippen molar-refractivity contribution in [3.05, 3.63) is 38.8 Å². The highest BCUT2D eigenvalue weighted by atomic mass is 32.1. The molecule has 210 valence electrons. The van der Waals surface area contributed by atoms with Crippen molar-refractivity contribution in [1.82, 2.24) is 24.6 Å². The van der Waals surface area contributed by atoms with Gasteiger partial charge in [0.1, 0.15) is 22.9 Å². The Bertz CT molecular complexity index is 1400. The van der Waals surface area contributed by atoms with E-state index in [1.54, 1.807) is 17.9 Å². The lowest BCUT2D eigenvalue weighted by atomic mass is 9.85. The Morgan fingerprint density at radius 2 is 1.92 bits per heavy atom. The average Bonchev–Trinajstić information content (AvgIpc) is 3.60. The molecule has 4 atom stereocenters. The van der Waals surface area contributed by atoms with Gasteiger partial charge in [0, 0.05) is 37.7 Å². The van der Waals surface area contributed by atoms with Gasteiger partial charge in [-0.2, -0.15) is 0 Å². The van der Waals surface area contributed by atoms with Gasteiger partial charge in [0.25, 0.3) is 5.91 Å². The van der Waals surface area contributed by atoms with Crippen molar-refractivity contribution in [2.24, 2.45) is 5.92 Å². The Morgan fingerprint density at radius 1 is 1.23 bits per heavy atom. The molecule has 1 N–H and O–H groups in total. The van der Waals surface area contributed by atoms with E-state index < -0.39 is 40.9 Å². The van der Waals surface area contributed by atoms with Crippen molar-refractivity contribution in [1.29, 1.82) is 0 Å². The fourth-order valence-corrected chi connectivity index (χ4v) is 6.58. The number of aromatic hydroxyl groups is 1. The lowest BCUT2D eigenvalue weighted by Gasteiger charge is -2.45. The quantitative estimate of drug-likeness (QED) is 0.561. The van der Waals surface area contributed by atoms with Crippen molar-refractivity contribution in [2.75, 3.05) is 19.6 Å². The molecule has 3 unspecified atom stereocenters. The summed E-state index contributed by atoms with van der Waals surface area (Å²) in [5.74, 6) is -2.23. The number of halogens is 2. The number of amides is 2. The molecule has 2 aliphatic heterocycles. The van der Waals surface area contributed by atoms with Gasteiger partial charge in [0.15, 0.2) is 16.5 Å². The smallest absolute Gasteiger partial charge is 0.274 e. The predicted octanol–water partition coefficient (Wildman–Crippen LogP) is 3.46. The zero-order valence-corrected chi connectivity index (χ0v) is 23.3. The summed E-state index contributed by atoms with van der Waals surface area (Å²) in [6.07, 6.45) is 2.32. The lowest BCUT2D eigenvalue weighted by Crippen LogP contribution is -2.61. The fraction of sp³-hybridized carbons (Fsp3) is 0.593. The average molecular weight is 562 g/mol. The number of carbonyl (C=O) groups excluding carboxylic acids is 2. The maximum Gasteiger partial charge on any atom is 0.274 e. The Balaban J connectivity index is 1.57. The molecule has 4 heterocycles. The van der Waals surface area contributed by atoms with Crippen LogP contribution in [0.2, 0.25) is 0 Å². The Morgan fingerprint density at radius 3 is 2.59 bits per heavy atom. The van der Waals surface area contributed by atoms with E-state index in [1.807, 2.05) is 13.8 Å². The van der Waals surface area contributed by atoms with E-state index in [1.165, 1.54) is 22.6 Å². The van der Waals surface area contributed by atoms with Crippen LogP contribution in [0.4, 0.5) is 8.78 Å². The van der Waals surface area contributed by atoms with Crippen LogP contribution in [0.25, 0.3) is 10.6 Å². The molecule has 0 spiro atoms. The predicted molar refractivity (Wildman–Crippen MR) is 142 cm³/mol. The molecule has 1 saturated heterocycles. The zero-order chi connectivity index (χ0) is 28.2. The lowest BCUT2D eigenvalue weighted by molar-refractivity contribution is -0.140.